The van der Waals surface area contributed by atoms with Gasteiger partial charge in [-0.25, -0.2) is 4.68 Å². The number of pyridine rings is 1. The van der Waals surface area contributed by atoms with E-state index in [2.05, 4.69) is 15.4 Å². The first-order valence-corrected chi connectivity index (χ1v) is 8.48. The lowest BCUT2D eigenvalue weighted by Crippen LogP contribution is -2.12. The first-order chi connectivity index (χ1) is 12.6. The molecule has 0 aliphatic rings. The summed E-state index contributed by atoms with van der Waals surface area (Å²) in [6.07, 6.45) is 4.34. The second-order valence-corrected chi connectivity index (χ2v) is 6.05. The topological polar surface area (TPSA) is 69.0 Å². The molecule has 3 rings (SSSR count). The van der Waals surface area contributed by atoms with Gasteiger partial charge in [-0.2, -0.15) is 5.10 Å². The highest BCUT2D eigenvalue weighted by Gasteiger charge is 2.14. The third-order valence-electron chi connectivity index (χ3n) is 4.31. The van der Waals surface area contributed by atoms with E-state index in [0.29, 0.717) is 12.8 Å². The molecule has 1 amide bonds. The number of rotatable bonds is 6. The summed E-state index contributed by atoms with van der Waals surface area (Å²) >= 11 is 0. The Balaban J connectivity index is 1.73. The van der Waals surface area contributed by atoms with Gasteiger partial charge in [0.15, 0.2) is 0 Å². The van der Waals surface area contributed by atoms with Crippen molar-refractivity contribution in [1.82, 2.24) is 14.8 Å². The smallest absolute Gasteiger partial charge is 0.224 e. The van der Waals surface area contributed by atoms with Crippen molar-refractivity contribution in [1.29, 1.82) is 0 Å². The van der Waals surface area contributed by atoms with Crippen LogP contribution in [0.2, 0.25) is 0 Å². The number of nitrogens with zero attached hydrogens (tertiary/aromatic N) is 3. The lowest BCUT2D eigenvalue weighted by molar-refractivity contribution is -0.116. The van der Waals surface area contributed by atoms with Crippen LogP contribution in [-0.2, 0) is 11.2 Å². The van der Waals surface area contributed by atoms with Crippen molar-refractivity contribution in [3.05, 3.63) is 65.7 Å². The minimum atomic E-state index is -0.0240. The van der Waals surface area contributed by atoms with Crippen molar-refractivity contribution >= 4 is 11.6 Å². The highest BCUT2D eigenvalue weighted by molar-refractivity contribution is 5.90. The Morgan fingerprint density at radius 3 is 2.69 bits per heavy atom. The summed E-state index contributed by atoms with van der Waals surface area (Å²) in [5.74, 6) is 0.762. The van der Waals surface area contributed by atoms with Gasteiger partial charge in [-0.3, -0.25) is 9.78 Å². The zero-order valence-corrected chi connectivity index (χ0v) is 15.2. The molecule has 1 N–H and O–H groups in total. The Kier molecular flexibility index (Phi) is 5.31. The quantitative estimate of drug-likeness (QED) is 0.739. The lowest BCUT2D eigenvalue weighted by atomic mass is 10.1. The number of benzene rings is 1. The Labute approximate surface area is 152 Å². The SMILES string of the molecule is COc1cccc(-n2nc(C)c(CCC(=O)Nc3ccncc3)c2C)c1. The monoisotopic (exact) mass is 350 g/mol. The van der Waals surface area contributed by atoms with Crippen molar-refractivity contribution in [3.8, 4) is 11.4 Å². The molecule has 134 valence electrons. The third-order valence-corrected chi connectivity index (χ3v) is 4.31. The number of hydrogen-bond acceptors (Lipinski definition) is 4. The van der Waals surface area contributed by atoms with Crippen molar-refractivity contribution < 1.29 is 9.53 Å². The number of amides is 1. The van der Waals surface area contributed by atoms with Gasteiger partial charge in [0, 0.05) is 36.3 Å². The first-order valence-electron chi connectivity index (χ1n) is 8.48. The number of carbonyl (C=O) groups is 1. The number of ether oxygens (including phenoxy) is 1. The fourth-order valence-electron chi connectivity index (χ4n) is 2.93. The van der Waals surface area contributed by atoms with Crippen LogP contribution in [0.4, 0.5) is 5.69 Å². The van der Waals surface area contributed by atoms with Gasteiger partial charge >= 0.3 is 0 Å². The van der Waals surface area contributed by atoms with E-state index in [0.717, 1.165) is 34.1 Å². The number of anilines is 1. The maximum absolute atomic E-state index is 12.2. The molecular weight excluding hydrogens is 328 g/mol. The summed E-state index contributed by atoms with van der Waals surface area (Å²) in [5.41, 5.74) is 4.76. The number of aromatic nitrogens is 3. The molecule has 0 saturated heterocycles. The summed E-state index contributed by atoms with van der Waals surface area (Å²) in [4.78, 5) is 16.1. The zero-order valence-electron chi connectivity index (χ0n) is 15.2. The van der Waals surface area contributed by atoms with E-state index in [1.807, 2.05) is 42.8 Å². The fraction of sp³-hybridized carbons (Fsp3) is 0.250. The summed E-state index contributed by atoms with van der Waals surface area (Å²) < 4.78 is 7.19. The molecule has 0 aliphatic carbocycles. The predicted molar refractivity (Wildman–Crippen MR) is 101 cm³/mol. The molecular formula is C20H22N4O2. The van der Waals surface area contributed by atoms with Crippen LogP contribution >= 0.6 is 0 Å². The van der Waals surface area contributed by atoms with E-state index in [9.17, 15) is 4.79 Å². The van der Waals surface area contributed by atoms with Gasteiger partial charge in [-0.15, -0.1) is 0 Å². The van der Waals surface area contributed by atoms with Crippen LogP contribution in [0.25, 0.3) is 5.69 Å². The van der Waals surface area contributed by atoms with Gasteiger partial charge in [0.2, 0.25) is 5.91 Å². The number of hydrogen-bond donors (Lipinski definition) is 1. The number of aryl methyl sites for hydroxylation is 1. The van der Waals surface area contributed by atoms with Crippen molar-refractivity contribution in [2.75, 3.05) is 12.4 Å². The number of methoxy groups -OCH3 is 1. The minimum absolute atomic E-state index is 0.0240. The fourth-order valence-corrected chi connectivity index (χ4v) is 2.93. The van der Waals surface area contributed by atoms with E-state index >= 15 is 0 Å². The average molecular weight is 350 g/mol. The molecule has 3 aromatic rings. The summed E-state index contributed by atoms with van der Waals surface area (Å²) in [6, 6.07) is 11.3. The van der Waals surface area contributed by atoms with Gasteiger partial charge in [-0.05, 0) is 50.1 Å². The maximum Gasteiger partial charge on any atom is 0.224 e. The van der Waals surface area contributed by atoms with Crippen LogP contribution in [-0.4, -0.2) is 27.8 Å². The molecule has 2 heterocycles. The van der Waals surface area contributed by atoms with Crippen LogP contribution in [0.3, 0.4) is 0 Å². The maximum atomic E-state index is 12.2. The van der Waals surface area contributed by atoms with Crippen LogP contribution < -0.4 is 10.1 Å². The highest BCUT2D eigenvalue weighted by Crippen LogP contribution is 2.22. The molecule has 0 aliphatic heterocycles. The van der Waals surface area contributed by atoms with Crippen molar-refractivity contribution in [3.63, 3.8) is 0 Å². The van der Waals surface area contributed by atoms with Crippen LogP contribution in [0.15, 0.2) is 48.8 Å². The predicted octanol–water partition coefficient (Wildman–Crippen LogP) is 3.46. The standard InChI is InChI=1S/C20H22N4O2/c1-14-19(7-8-20(25)22-16-9-11-21-12-10-16)15(2)24(23-14)17-5-4-6-18(13-17)26-3/h4-6,9-13H,7-8H2,1-3H3,(H,21,22,25). The summed E-state index contributed by atoms with van der Waals surface area (Å²) in [7, 11) is 1.65. The van der Waals surface area contributed by atoms with Gasteiger partial charge in [0.05, 0.1) is 18.5 Å². The van der Waals surface area contributed by atoms with Crippen molar-refractivity contribution in [2.45, 2.75) is 26.7 Å². The summed E-state index contributed by atoms with van der Waals surface area (Å²) in [5, 5.41) is 7.52. The Morgan fingerprint density at radius 1 is 1.19 bits per heavy atom. The van der Waals surface area contributed by atoms with Gasteiger partial charge in [0.1, 0.15) is 5.75 Å². The molecule has 1 aromatic carbocycles. The largest absolute Gasteiger partial charge is 0.497 e. The van der Waals surface area contributed by atoms with Gasteiger partial charge in [-0.1, -0.05) is 6.07 Å². The van der Waals surface area contributed by atoms with E-state index < -0.39 is 0 Å². The molecule has 0 spiro atoms. The zero-order chi connectivity index (χ0) is 18.5. The molecule has 2 aromatic heterocycles. The van der Waals surface area contributed by atoms with E-state index in [4.69, 9.17) is 4.74 Å². The Hall–Kier alpha value is -3.15. The van der Waals surface area contributed by atoms with E-state index in [1.54, 1.807) is 31.6 Å². The van der Waals surface area contributed by atoms with E-state index in [-0.39, 0.29) is 5.91 Å². The average Bonchev–Trinajstić information content (AvgIpc) is 2.95. The molecule has 0 bridgehead atoms. The molecule has 0 radical (unpaired) electrons. The van der Waals surface area contributed by atoms with Gasteiger partial charge < -0.3 is 10.1 Å². The molecule has 0 unspecified atom stereocenters. The minimum Gasteiger partial charge on any atom is -0.497 e. The third kappa shape index (κ3) is 3.91. The Morgan fingerprint density at radius 2 is 1.96 bits per heavy atom. The molecule has 0 saturated carbocycles. The second kappa shape index (κ2) is 7.82. The molecule has 6 heteroatoms. The summed E-state index contributed by atoms with van der Waals surface area (Å²) in [6.45, 7) is 4.00. The molecule has 6 nitrogen and oxygen atoms in total. The van der Waals surface area contributed by atoms with Crippen LogP contribution in [0.1, 0.15) is 23.4 Å². The first kappa shape index (κ1) is 17.7. The van der Waals surface area contributed by atoms with Crippen molar-refractivity contribution in [2.24, 2.45) is 0 Å². The normalized spacial score (nSPS) is 10.6. The molecule has 0 fully saturated rings. The molecule has 26 heavy (non-hydrogen) atoms. The van der Waals surface area contributed by atoms with Crippen LogP contribution in [0.5, 0.6) is 5.75 Å². The van der Waals surface area contributed by atoms with Gasteiger partial charge in [0.25, 0.3) is 0 Å². The number of nitrogens with one attached hydrogen (secondary N) is 1. The highest BCUT2D eigenvalue weighted by atomic mass is 16.5. The molecule has 0 atom stereocenters. The Bertz CT molecular complexity index is 903. The van der Waals surface area contributed by atoms with Crippen LogP contribution in [0, 0.1) is 13.8 Å². The van der Waals surface area contributed by atoms with E-state index in [1.165, 1.54) is 0 Å². The lowest BCUT2D eigenvalue weighted by Gasteiger charge is -2.08. The number of carbonyl (C=O) groups excluding carboxylic acids is 1. The second-order valence-electron chi connectivity index (χ2n) is 6.05.